The van der Waals surface area contributed by atoms with Crippen molar-refractivity contribution < 1.29 is 9.59 Å². The van der Waals surface area contributed by atoms with Crippen molar-refractivity contribution in [3.63, 3.8) is 0 Å². The number of carbonyl (C=O) groups is 2. The van der Waals surface area contributed by atoms with Crippen LogP contribution in [0.1, 0.15) is 34.6 Å². The Morgan fingerprint density at radius 1 is 1.17 bits per heavy atom. The van der Waals surface area contributed by atoms with E-state index in [9.17, 15) is 9.59 Å². The van der Waals surface area contributed by atoms with Gasteiger partial charge in [0.25, 0.3) is 11.8 Å². The average molecular weight is 376 g/mol. The highest BCUT2D eigenvalue weighted by Gasteiger charge is 2.14. The van der Waals surface area contributed by atoms with Crippen molar-refractivity contribution in [2.75, 3.05) is 11.9 Å². The molecule has 1 aromatic heterocycles. The zero-order valence-electron chi connectivity index (χ0n) is 13.0. The molecular weight excluding hydrogens is 358 g/mol. The number of amides is 2. The summed E-state index contributed by atoms with van der Waals surface area (Å²) < 4.78 is 0.716. The number of hydrogen-bond acceptors (Lipinski definition) is 3. The van der Waals surface area contributed by atoms with Crippen LogP contribution >= 0.6 is 15.9 Å². The lowest BCUT2D eigenvalue weighted by Gasteiger charge is -2.12. The summed E-state index contributed by atoms with van der Waals surface area (Å²) in [5, 5.41) is 5.61. The van der Waals surface area contributed by atoms with Crippen LogP contribution in [0, 0.1) is 5.92 Å². The van der Waals surface area contributed by atoms with Crippen LogP contribution in [0.2, 0.25) is 0 Å². The van der Waals surface area contributed by atoms with E-state index in [1.807, 2.05) is 13.8 Å². The molecule has 0 fully saturated rings. The molecule has 0 saturated carbocycles. The fourth-order valence-corrected chi connectivity index (χ4v) is 2.28. The fraction of sp³-hybridized carbons (Fsp3) is 0.235. The van der Waals surface area contributed by atoms with E-state index in [4.69, 9.17) is 0 Å². The topological polar surface area (TPSA) is 71.1 Å². The lowest BCUT2D eigenvalue weighted by molar-refractivity contribution is 0.0950. The summed E-state index contributed by atoms with van der Waals surface area (Å²) in [6.07, 6.45) is 3.08. The van der Waals surface area contributed by atoms with E-state index in [0.717, 1.165) is 0 Å². The van der Waals surface area contributed by atoms with E-state index in [2.05, 4.69) is 31.5 Å². The molecule has 23 heavy (non-hydrogen) atoms. The number of benzene rings is 1. The second-order valence-corrected chi connectivity index (χ2v) is 6.41. The maximum Gasteiger partial charge on any atom is 0.257 e. The van der Waals surface area contributed by atoms with Gasteiger partial charge in [-0.05, 0) is 40.0 Å². The van der Waals surface area contributed by atoms with Crippen LogP contribution in [0.4, 0.5) is 5.69 Å². The predicted octanol–water partition coefficient (Wildman–Crippen LogP) is 3.48. The molecule has 0 aliphatic rings. The summed E-state index contributed by atoms with van der Waals surface area (Å²) in [6, 6.07) is 8.59. The van der Waals surface area contributed by atoms with Crippen LogP contribution in [0.5, 0.6) is 0 Å². The second-order valence-electron chi connectivity index (χ2n) is 5.50. The zero-order chi connectivity index (χ0) is 16.8. The predicted molar refractivity (Wildman–Crippen MR) is 93.5 cm³/mol. The molecule has 6 heteroatoms. The van der Waals surface area contributed by atoms with Gasteiger partial charge in [0, 0.05) is 23.4 Å². The monoisotopic (exact) mass is 375 g/mol. The van der Waals surface area contributed by atoms with Gasteiger partial charge < -0.3 is 10.6 Å². The van der Waals surface area contributed by atoms with Crippen LogP contribution < -0.4 is 10.6 Å². The Morgan fingerprint density at radius 2 is 1.91 bits per heavy atom. The SMILES string of the molecule is CC(C)CNC(=O)c1ccccc1NC(=O)c1cncc(Br)c1. The van der Waals surface area contributed by atoms with Crippen molar-refractivity contribution >= 4 is 33.4 Å². The summed E-state index contributed by atoms with van der Waals surface area (Å²) in [7, 11) is 0. The molecule has 2 amide bonds. The van der Waals surface area contributed by atoms with Crippen LogP contribution in [0.15, 0.2) is 47.2 Å². The summed E-state index contributed by atoms with van der Waals surface area (Å²) in [5.41, 5.74) is 1.32. The van der Waals surface area contributed by atoms with Crippen LogP contribution in [-0.2, 0) is 0 Å². The van der Waals surface area contributed by atoms with Gasteiger partial charge in [0.1, 0.15) is 0 Å². The van der Waals surface area contributed by atoms with E-state index in [1.54, 1.807) is 36.5 Å². The van der Waals surface area contributed by atoms with Gasteiger partial charge in [-0.15, -0.1) is 0 Å². The Labute approximate surface area is 143 Å². The number of nitrogens with zero attached hydrogens (tertiary/aromatic N) is 1. The number of para-hydroxylation sites is 1. The Morgan fingerprint density at radius 3 is 2.61 bits per heavy atom. The number of aromatic nitrogens is 1. The number of rotatable bonds is 5. The Kier molecular flexibility index (Phi) is 5.87. The number of carbonyl (C=O) groups excluding carboxylic acids is 2. The maximum atomic E-state index is 12.3. The molecule has 0 bridgehead atoms. The molecule has 0 saturated heterocycles. The average Bonchev–Trinajstić information content (AvgIpc) is 2.53. The molecule has 5 nitrogen and oxygen atoms in total. The molecule has 2 aromatic rings. The number of hydrogen-bond donors (Lipinski definition) is 2. The third-order valence-corrected chi connectivity index (χ3v) is 3.49. The van der Waals surface area contributed by atoms with Crippen molar-refractivity contribution in [1.82, 2.24) is 10.3 Å². The molecule has 0 radical (unpaired) electrons. The first-order valence-electron chi connectivity index (χ1n) is 7.26. The van der Waals surface area contributed by atoms with Crippen molar-refractivity contribution in [2.24, 2.45) is 5.92 Å². The Bertz CT molecular complexity index is 716. The van der Waals surface area contributed by atoms with Gasteiger partial charge in [-0.3, -0.25) is 14.6 Å². The smallest absolute Gasteiger partial charge is 0.257 e. The van der Waals surface area contributed by atoms with Gasteiger partial charge in [-0.1, -0.05) is 26.0 Å². The fourth-order valence-electron chi connectivity index (χ4n) is 1.91. The molecule has 2 rings (SSSR count). The number of nitrogens with one attached hydrogen (secondary N) is 2. The number of halogens is 1. The summed E-state index contributed by atoms with van der Waals surface area (Å²) >= 11 is 3.28. The van der Waals surface area contributed by atoms with Gasteiger partial charge in [0.15, 0.2) is 0 Å². The minimum atomic E-state index is -0.317. The summed E-state index contributed by atoms with van der Waals surface area (Å²) in [4.78, 5) is 28.5. The molecule has 1 heterocycles. The van der Waals surface area contributed by atoms with E-state index in [1.165, 1.54) is 6.20 Å². The third kappa shape index (κ3) is 4.89. The molecule has 1 aromatic carbocycles. The molecule has 0 unspecified atom stereocenters. The van der Waals surface area contributed by atoms with Crippen molar-refractivity contribution in [3.8, 4) is 0 Å². The first kappa shape index (κ1) is 17.1. The maximum absolute atomic E-state index is 12.3. The Hall–Kier alpha value is -2.21. The lowest BCUT2D eigenvalue weighted by atomic mass is 10.1. The van der Waals surface area contributed by atoms with E-state index in [-0.39, 0.29) is 11.8 Å². The summed E-state index contributed by atoms with van der Waals surface area (Å²) in [5.74, 6) is -0.168. The minimum absolute atomic E-state index is 0.207. The molecule has 0 atom stereocenters. The number of pyridine rings is 1. The van der Waals surface area contributed by atoms with Gasteiger partial charge in [-0.2, -0.15) is 0 Å². The largest absolute Gasteiger partial charge is 0.352 e. The highest BCUT2D eigenvalue weighted by Crippen LogP contribution is 2.17. The first-order chi connectivity index (χ1) is 11.0. The molecule has 2 N–H and O–H groups in total. The van der Waals surface area contributed by atoms with Crippen LogP contribution in [-0.4, -0.2) is 23.3 Å². The minimum Gasteiger partial charge on any atom is -0.352 e. The third-order valence-electron chi connectivity index (χ3n) is 3.06. The van der Waals surface area contributed by atoms with Crippen LogP contribution in [0.25, 0.3) is 0 Å². The molecule has 0 aliphatic carbocycles. The van der Waals surface area contributed by atoms with E-state index in [0.29, 0.717) is 33.7 Å². The van der Waals surface area contributed by atoms with E-state index < -0.39 is 0 Å². The zero-order valence-corrected chi connectivity index (χ0v) is 14.6. The molecule has 120 valence electrons. The molecule has 0 spiro atoms. The highest BCUT2D eigenvalue weighted by molar-refractivity contribution is 9.10. The summed E-state index contributed by atoms with van der Waals surface area (Å²) in [6.45, 7) is 4.62. The normalized spacial score (nSPS) is 10.4. The van der Waals surface area contributed by atoms with Gasteiger partial charge >= 0.3 is 0 Å². The van der Waals surface area contributed by atoms with Gasteiger partial charge in [0.05, 0.1) is 16.8 Å². The second kappa shape index (κ2) is 7.87. The van der Waals surface area contributed by atoms with Crippen molar-refractivity contribution in [3.05, 3.63) is 58.3 Å². The van der Waals surface area contributed by atoms with Crippen molar-refractivity contribution in [1.29, 1.82) is 0 Å². The molecule has 0 aliphatic heterocycles. The number of anilines is 1. The van der Waals surface area contributed by atoms with Gasteiger partial charge in [0.2, 0.25) is 0 Å². The van der Waals surface area contributed by atoms with Crippen LogP contribution in [0.3, 0.4) is 0 Å². The highest BCUT2D eigenvalue weighted by atomic mass is 79.9. The Balaban J connectivity index is 2.17. The van der Waals surface area contributed by atoms with E-state index >= 15 is 0 Å². The van der Waals surface area contributed by atoms with Gasteiger partial charge in [-0.25, -0.2) is 0 Å². The standard InChI is InChI=1S/C17H18BrN3O2/c1-11(2)8-20-17(23)14-5-3-4-6-15(14)21-16(22)12-7-13(18)10-19-9-12/h3-7,9-11H,8H2,1-2H3,(H,20,23)(H,21,22). The quantitative estimate of drug-likeness (QED) is 0.839. The van der Waals surface area contributed by atoms with Crippen molar-refractivity contribution in [2.45, 2.75) is 13.8 Å². The lowest BCUT2D eigenvalue weighted by Crippen LogP contribution is -2.28. The molecular formula is C17H18BrN3O2. The first-order valence-corrected chi connectivity index (χ1v) is 8.06.